The van der Waals surface area contributed by atoms with E-state index in [4.69, 9.17) is 4.52 Å². The van der Waals surface area contributed by atoms with Crippen molar-refractivity contribution in [3.63, 3.8) is 0 Å². The van der Waals surface area contributed by atoms with Crippen LogP contribution in [-0.4, -0.2) is 15.3 Å². The number of hydrogen-bond acceptors (Lipinski definition) is 4. The second-order valence-corrected chi connectivity index (χ2v) is 5.77. The predicted octanol–water partition coefficient (Wildman–Crippen LogP) is 3.62. The molecule has 0 atom stereocenters. The number of rotatable bonds is 2. The maximum absolute atomic E-state index is 12.2. The average molecular weight is 318 g/mol. The molecule has 0 unspecified atom stereocenters. The first kappa shape index (κ1) is 14.4. The molecule has 5 heteroatoms. The lowest BCUT2D eigenvalue weighted by Crippen LogP contribution is -2.06. The van der Waals surface area contributed by atoms with Gasteiger partial charge in [-0.3, -0.25) is 4.79 Å². The van der Waals surface area contributed by atoms with E-state index in [0.29, 0.717) is 22.2 Å². The number of fused-ring (bicyclic) bond motifs is 3. The van der Waals surface area contributed by atoms with E-state index in [9.17, 15) is 9.59 Å². The van der Waals surface area contributed by atoms with Gasteiger partial charge in [0.2, 0.25) is 0 Å². The zero-order valence-electron chi connectivity index (χ0n) is 13.2. The molecule has 0 aliphatic rings. The first-order chi connectivity index (χ1) is 11.6. The monoisotopic (exact) mass is 318 g/mol. The van der Waals surface area contributed by atoms with Gasteiger partial charge in [0.15, 0.2) is 11.6 Å². The van der Waals surface area contributed by atoms with Crippen molar-refractivity contribution in [3.05, 3.63) is 70.1 Å². The van der Waals surface area contributed by atoms with Crippen LogP contribution in [0.15, 0.2) is 57.8 Å². The molecule has 0 radical (unpaired) electrons. The molecule has 0 N–H and O–H groups in total. The highest BCUT2D eigenvalue weighted by molar-refractivity contribution is 6.08. The molecule has 0 aliphatic heterocycles. The molecule has 0 saturated carbocycles. The van der Waals surface area contributed by atoms with Gasteiger partial charge in [0.1, 0.15) is 11.1 Å². The highest BCUT2D eigenvalue weighted by Crippen LogP contribution is 2.27. The Hall–Kier alpha value is -3.21. The zero-order chi connectivity index (χ0) is 16.8. The summed E-state index contributed by atoms with van der Waals surface area (Å²) in [5, 5.41) is 0.712. The van der Waals surface area contributed by atoms with E-state index < -0.39 is 5.63 Å². The number of carbonyl (C=O) groups is 1. The van der Waals surface area contributed by atoms with E-state index in [1.54, 1.807) is 0 Å². The molecule has 4 rings (SSSR count). The molecule has 0 fully saturated rings. The van der Waals surface area contributed by atoms with E-state index in [0.717, 1.165) is 11.1 Å². The molecule has 2 heterocycles. The van der Waals surface area contributed by atoms with E-state index in [1.165, 1.54) is 11.5 Å². The first-order valence-corrected chi connectivity index (χ1v) is 7.59. The third-order valence-corrected chi connectivity index (χ3v) is 4.06. The fraction of sp³-hybridized carbons (Fsp3) is 0.105. The van der Waals surface area contributed by atoms with E-state index in [1.807, 2.05) is 55.5 Å². The quantitative estimate of drug-likeness (QED) is 0.530. The number of ketones is 1. The maximum Gasteiger partial charge on any atom is 0.369 e. The fourth-order valence-corrected chi connectivity index (χ4v) is 2.89. The molecule has 24 heavy (non-hydrogen) atoms. The first-order valence-electron chi connectivity index (χ1n) is 7.59. The van der Waals surface area contributed by atoms with Crippen molar-refractivity contribution >= 4 is 22.2 Å². The lowest BCUT2D eigenvalue weighted by molar-refractivity contribution is 0.101. The Morgan fingerprint density at radius 2 is 1.79 bits per heavy atom. The maximum atomic E-state index is 12.2. The van der Waals surface area contributed by atoms with Crippen LogP contribution in [0.5, 0.6) is 0 Å². The number of benzene rings is 2. The Bertz CT molecular complexity index is 1150. The summed E-state index contributed by atoms with van der Waals surface area (Å²) in [7, 11) is 0. The normalized spacial score (nSPS) is 11.2. The summed E-state index contributed by atoms with van der Waals surface area (Å²) in [5.74, 6) is 0.172. The minimum Gasteiger partial charge on any atom is -0.329 e. The van der Waals surface area contributed by atoms with E-state index in [-0.39, 0.29) is 11.3 Å². The number of para-hydroxylation sites is 1. The average Bonchev–Trinajstić information content (AvgIpc) is 2.92. The molecular weight excluding hydrogens is 304 g/mol. The summed E-state index contributed by atoms with van der Waals surface area (Å²) >= 11 is 0. The van der Waals surface area contributed by atoms with Gasteiger partial charge in [-0.1, -0.05) is 48.0 Å². The summed E-state index contributed by atoms with van der Waals surface area (Å²) < 4.78 is 6.73. The summed E-state index contributed by atoms with van der Waals surface area (Å²) in [6.07, 6.45) is 0. The highest BCUT2D eigenvalue weighted by Gasteiger charge is 2.22. The molecular formula is C19H14N2O3. The largest absolute Gasteiger partial charge is 0.369 e. The molecule has 2 aromatic heterocycles. The van der Waals surface area contributed by atoms with Crippen LogP contribution in [0.3, 0.4) is 0 Å². The molecule has 0 amide bonds. The number of aryl methyl sites for hydroxylation is 1. The number of carbonyl (C=O) groups excluding carboxylic acids is 1. The summed E-state index contributed by atoms with van der Waals surface area (Å²) in [5.41, 5.74) is 2.51. The van der Waals surface area contributed by atoms with Crippen LogP contribution in [0.4, 0.5) is 0 Å². The van der Waals surface area contributed by atoms with Crippen molar-refractivity contribution < 1.29 is 9.32 Å². The number of aromatic nitrogens is 2. The van der Waals surface area contributed by atoms with E-state index >= 15 is 0 Å². The molecule has 5 nitrogen and oxygen atoms in total. The lowest BCUT2D eigenvalue weighted by atomic mass is 10.1. The third-order valence-electron chi connectivity index (χ3n) is 4.06. The third kappa shape index (κ3) is 2.06. The van der Waals surface area contributed by atoms with Gasteiger partial charge in [-0.15, -0.1) is 0 Å². The second kappa shape index (κ2) is 5.16. The van der Waals surface area contributed by atoms with Crippen molar-refractivity contribution in [2.24, 2.45) is 0 Å². The molecule has 0 saturated heterocycles. The van der Waals surface area contributed by atoms with Crippen LogP contribution < -0.4 is 5.63 Å². The van der Waals surface area contributed by atoms with Crippen LogP contribution in [-0.2, 0) is 0 Å². The second-order valence-electron chi connectivity index (χ2n) is 5.77. The Morgan fingerprint density at radius 1 is 1.08 bits per heavy atom. The van der Waals surface area contributed by atoms with Gasteiger partial charge in [-0.05, 0) is 19.9 Å². The Kier molecular flexibility index (Phi) is 3.09. The van der Waals surface area contributed by atoms with Gasteiger partial charge >= 0.3 is 5.63 Å². The Balaban J connectivity index is 2.21. The van der Waals surface area contributed by atoms with Crippen LogP contribution >= 0.6 is 0 Å². The molecule has 2 aromatic carbocycles. The van der Waals surface area contributed by atoms with Gasteiger partial charge in [0.25, 0.3) is 0 Å². The summed E-state index contributed by atoms with van der Waals surface area (Å²) in [6, 6.07) is 15.2. The van der Waals surface area contributed by atoms with Crippen LogP contribution in [0.25, 0.3) is 27.8 Å². The SMILES string of the molecule is CC(=O)c1c(=O)on2c(-c3ccc(C)cc3)nc3ccccc3c12. The topological polar surface area (TPSA) is 64.6 Å². The summed E-state index contributed by atoms with van der Waals surface area (Å²) in [6.45, 7) is 3.36. The van der Waals surface area contributed by atoms with Gasteiger partial charge in [0.05, 0.1) is 5.52 Å². The zero-order valence-corrected chi connectivity index (χ0v) is 13.2. The van der Waals surface area contributed by atoms with Crippen LogP contribution in [0.1, 0.15) is 22.8 Å². The molecule has 0 aliphatic carbocycles. The fourth-order valence-electron chi connectivity index (χ4n) is 2.89. The van der Waals surface area contributed by atoms with Crippen LogP contribution in [0, 0.1) is 6.92 Å². The minimum absolute atomic E-state index is 0.0574. The van der Waals surface area contributed by atoms with Gasteiger partial charge in [0, 0.05) is 10.9 Å². The van der Waals surface area contributed by atoms with E-state index in [2.05, 4.69) is 4.98 Å². The van der Waals surface area contributed by atoms with Crippen molar-refractivity contribution in [2.45, 2.75) is 13.8 Å². The smallest absolute Gasteiger partial charge is 0.329 e. The van der Waals surface area contributed by atoms with Crippen molar-refractivity contribution in [1.29, 1.82) is 0 Å². The van der Waals surface area contributed by atoms with Gasteiger partial charge in [-0.2, -0.15) is 4.57 Å². The molecule has 4 aromatic rings. The number of nitrogens with zero attached hydrogens (tertiary/aromatic N) is 2. The van der Waals surface area contributed by atoms with Crippen LogP contribution in [0.2, 0.25) is 0 Å². The predicted molar refractivity (Wildman–Crippen MR) is 91.4 cm³/mol. The Labute approximate surface area is 137 Å². The lowest BCUT2D eigenvalue weighted by Gasteiger charge is -2.07. The number of Topliss-reactive ketones (excluding diaryl/α,β-unsaturated/α-hetero) is 1. The van der Waals surface area contributed by atoms with Gasteiger partial charge < -0.3 is 4.52 Å². The van der Waals surface area contributed by atoms with Gasteiger partial charge in [-0.25, -0.2) is 9.78 Å². The van der Waals surface area contributed by atoms with Crippen molar-refractivity contribution in [2.75, 3.05) is 0 Å². The molecule has 118 valence electrons. The van der Waals surface area contributed by atoms with Crippen molar-refractivity contribution in [1.82, 2.24) is 9.56 Å². The molecule has 0 bridgehead atoms. The number of hydrogen-bond donors (Lipinski definition) is 0. The Morgan fingerprint density at radius 3 is 2.50 bits per heavy atom. The minimum atomic E-state index is -0.644. The summed E-state index contributed by atoms with van der Waals surface area (Å²) in [4.78, 5) is 28.8. The molecule has 0 spiro atoms. The van der Waals surface area contributed by atoms with Crippen molar-refractivity contribution in [3.8, 4) is 11.4 Å². The highest BCUT2D eigenvalue weighted by atomic mass is 16.5. The standard InChI is InChI=1S/C19H14N2O3/c1-11-7-9-13(10-8-11)18-20-15-6-4-3-5-14(15)17-16(12(2)22)19(23)24-21(17)18/h3-10H,1-2H3.